The first-order chi connectivity index (χ1) is 14.3. The van der Waals surface area contributed by atoms with Gasteiger partial charge < -0.3 is 10.6 Å². The van der Waals surface area contributed by atoms with Crippen molar-refractivity contribution in [1.29, 1.82) is 0 Å². The van der Waals surface area contributed by atoms with Crippen LogP contribution in [0, 0.1) is 19.8 Å². The van der Waals surface area contributed by atoms with Crippen molar-refractivity contribution in [2.75, 3.05) is 5.32 Å². The highest BCUT2D eigenvalue weighted by Crippen LogP contribution is 2.17. The molecule has 0 radical (unpaired) electrons. The number of carbonyl (C=O) groups excluding carboxylic acids is 2. The Morgan fingerprint density at radius 3 is 2.60 bits per heavy atom. The Balaban J connectivity index is 1.56. The number of nitrogens with zero attached hydrogens (tertiary/aromatic N) is 3. The van der Waals surface area contributed by atoms with E-state index < -0.39 is 0 Å². The zero-order valence-corrected chi connectivity index (χ0v) is 18.5. The minimum atomic E-state index is -0.116. The lowest BCUT2D eigenvalue weighted by Gasteiger charge is -2.07. The molecule has 158 valence electrons. The number of rotatable bonds is 8. The van der Waals surface area contributed by atoms with Crippen LogP contribution in [0.1, 0.15) is 42.1 Å². The van der Waals surface area contributed by atoms with Gasteiger partial charge in [-0.1, -0.05) is 44.2 Å². The van der Waals surface area contributed by atoms with Crippen LogP contribution in [0.15, 0.2) is 35.7 Å². The van der Waals surface area contributed by atoms with Gasteiger partial charge in [-0.05, 0) is 19.4 Å². The summed E-state index contributed by atoms with van der Waals surface area (Å²) in [5.74, 6) is -0.314. The topological polar surface area (TPSA) is 88.9 Å². The molecule has 0 atom stereocenters. The average molecular weight is 426 g/mol. The zero-order chi connectivity index (χ0) is 21.7. The summed E-state index contributed by atoms with van der Waals surface area (Å²) in [5, 5.41) is 12.7. The fourth-order valence-corrected chi connectivity index (χ4v) is 3.72. The quantitative estimate of drug-likeness (QED) is 0.578. The maximum Gasteiger partial charge on any atom is 0.228 e. The Bertz CT molecular complexity index is 1020. The van der Waals surface area contributed by atoms with Gasteiger partial charge in [0.2, 0.25) is 11.8 Å². The summed E-state index contributed by atoms with van der Waals surface area (Å²) in [6.45, 7) is 8.75. The van der Waals surface area contributed by atoms with Crippen molar-refractivity contribution in [3.05, 3.63) is 63.9 Å². The molecule has 0 aliphatic heterocycles. The second-order valence-electron chi connectivity index (χ2n) is 7.53. The molecule has 8 heteroatoms. The first-order valence-corrected chi connectivity index (χ1v) is 10.8. The summed E-state index contributed by atoms with van der Waals surface area (Å²) >= 11 is 1.32. The number of amides is 2. The zero-order valence-electron chi connectivity index (χ0n) is 17.7. The van der Waals surface area contributed by atoms with E-state index in [-0.39, 0.29) is 24.2 Å². The van der Waals surface area contributed by atoms with Crippen LogP contribution in [-0.4, -0.2) is 26.6 Å². The Hall–Kier alpha value is -3.00. The minimum absolute atomic E-state index is 0.0844. The highest BCUT2D eigenvalue weighted by molar-refractivity contribution is 7.13. The molecule has 30 heavy (non-hydrogen) atoms. The van der Waals surface area contributed by atoms with Crippen LogP contribution in [0.5, 0.6) is 0 Å². The molecule has 0 unspecified atom stereocenters. The third-order valence-corrected chi connectivity index (χ3v) is 5.62. The average Bonchev–Trinajstić information content (AvgIpc) is 3.25. The van der Waals surface area contributed by atoms with E-state index >= 15 is 0 Å². The maximum absolute atomic E-state index is 12.4. The second-order valence-corrected chi connectivity index (χ2v) is 8.39. The molecule has 0 saturated carbocycles. The minimum Gasteiger partial charge on any atom is -0.352 e. The number of hydrogen-bond donors (Lipinski definition) is 2. The smallest absolute Gasteiger partial charge is 0.228 e. The van der Waals surface area contributed by atoms with Gasteiger partial charge in [-0.2, -0.15) is 5.10 Å². The fourth-order valence-electron chi connectivity index (χ4n) is 3.01. The second kappa shape index (κ2) is 9.67. The molecule has 0 aliphatic carbocycles. The molecule has 2 aromatic heterocycles. The molecule has 0 bridgehead atoms. The van der Waals surface area contributed by atoms with Gasteiger partial charge in [-0.3, -0.25) is 14.3 Å². The maximum atomic E-state index is 12.4. The largest absolute Gasteiger partial charge is 0.352 e. The van der Waals surface area contributed by atoms with Crippen LogP contribution >= 0.6 is 11.3 Å². The highest BCUT2D eigenvalue weighted by Gasteiger charge is 2.15. The number of aryl methyl sites for hydroxylation is 1. The van der Waals surface area contributed by atoms with Gasteiger partial charge in [0.1, 0.15) is 0 Å². The van der Waals surface area contributed by atoms with Crippen LogP contribution in [0.3, 0.4) is 0 Å². The van der Waals surface area contributed by atoms with Gasteiger partial charge in [-0.25, -0.2) is 4.98 Å². The molecule has 0 aliphatic rings. The molecule has 1 aromatic carbocycles. The summed E-state index contributed by atoms with van der Waals surface area (Å²) in [5.41, 5.74) is 4.81. The van der Waals surface area contributed by atoms with Crippen molar-refractivity contribution in [3.8, 4) is 0 Å². The van der Waals surface area contributed by atoms with Gasteiger partial charge in [-0.15, -0.1) is 11.3 Å². The molecule has 3 rings (SSSR count). The van der Waals surface area contributed by atoms with Crippen LogP contribution in [-0.2, 0) is 29.1 Å². The molecule has 7 nitrogen and oxygen atoms in total. The lowest BCUT2D eigenvalue weighted by atomic mass is 10.2. The van der Waals surface area contributed by atoms with Gasteiger partial charge in [0.25, 0.3) is 0 Å². The predicted molar refractivity (Wildman–Crippen MR) is 118 cm³/mol. The van der Waals surface area contributed by atoms with E-state index in [1.54, 1.807) is 5.38 Å². The molecule has 3 aromatic rings. The highest BCUT2D eigenvalue weighted by atomic mass is 32.1. The number of anilines is 1. The Labute approximate surface area is 180 Å². The van der Waals surface area contributed by atoms with Gasteiger partial charge in [0.05, 0.1) is 24.4 Å². The third kappa shape index (κ3) is 5.54. The molecule has 0 spiro atoms. The number of nitrogens with one attached hydrogen (secondary N) is 2. The van der Waals surface area contributed by atoms with Crippen LogP contribution in [0.2, 0.25) is 0 Å². The fraction of sp³-hybridized carbons (Fsp3) is 0.364. The predicted octanol–water partition coefficient (Wildman–Crippen LogP) is 3.46. The standard InChI is InChI=1S/C22H27N5O2S/c1-14(2)21(29)25-22-24-18(13-30-22)10-20(28)23-11-19-15(3)26-27(16(19)4)12-17-8-6-5-7-9-17/h5-9,13-14H,10-12H2,1-4H3,(H,23,28)(H,24,25,29). The molecule has 0 fully saturated rings. The number of carbonyl (C=O) groups is 2. The van der Waals surface area contributed by atoms with E-state index in [9.17, 15) is 9.59 Å². The number of aromatic nitrogens is 3. The van der Waals surface area contributed by atoms with Gasteiger partial charge in [0, 0.05) is 29.1 Å². The van der Waals surface area contributed by atoms with Crippen LogP contribution < -0.4 is 10.6 Å². The van der Waals surface area contributed by atoms with Crippen molar-refractivity contribution >= 4 is 28.3 Å². The van der Waals surface area contributed by atoms with E-state index in [2.05, 4.69) is 32.8 Å². The summed E-state index contributed by atoms with van der Waals surface area (Å²) in [6.07, 6.45) is 0.171. The number of hydrogen-bond acceptors (Lipinski definition) is 5. The van der Waals surface area contributed by atoms with Gasteiger partial charge in [0.15, 0.2) is 5.13 Å². The van der Waals surface area contributed by atoms with Crippen molar-refractivity contribution in [3.63, 3.8) is 0 Å². The molecule has 2 amide bonds. The molecule has 0 saturated heterocycles. The van der Waals surface area contributed by atoms with Crippen LogP contribution in [0.4, 0.5) is 5.13 Å². The Morgan fingerprint density at radius 1 is 1.17 bits per heavy atom. The van der Waals surface area contributed by atoms with E-state index in [4.69, 9.17) is 0 Å². The SMILES string of the molecule is Cc1nn(Cc2ccccc2)c(C)c1CNC(=O)Cc1csc(NC(=O)C(C)C)n1. The normalized spacial score (nSPS) is 11.0. The van der Waals surface area contributed by atoms with E-state index in [1.165, 1.54) is 16.9 Å². The van der Waals surface area contributed by atoms with Crippen molar-refractivity contribution in [1.82, 2.24) is 20.1 Å². The molecular weight excluding hydrogens is 398 g/mol. The van der Waals surface area contributed by atoms with Crippen molar-refractivity contribution < 1.29 is 9.59 Å². The summed E-state index contributed by atoms with van der Waals surface area (Å²) in [4.78, 5) is 28.5. The van der Waals surface area contributed by atoms with E-state index in [1.807, 2.05) is 50.6 Å². The summed E-state index contributed by atoms with van der Waals surface area (Å²) < 4.78 is 1.97. The van der Waals surface area contributed by atoms with E-state index in [0.29, 0.717) is 23.9 Å². The first kappa shape index (κ1) is 21.7. The summed E-state index contributed by atoms with van der Waals surface area (Å²) in [7, 11) is 0. The first-order valence-electron chi connectivity index (χ1n) is 9.92. The van der Waals surface area contributed by atoms with Crippen LogP contribution in [0.25, 0.3) is 0 Å². The van der Waals surface area contributed by atoms with E-state index in [0.717, 1.165) is 17.0 Å². The Kier molecular flexibility index (Phi) is 6.99. The lowest BCUT2D eigenvalue weighted by Crippen LogP contribution is -2.25. The summed E-state index contributed by atoms with van der Waals surface area (Å²) in [6, 6.07) is 10.2. The number of benzene rings is 1. The van der Waals surface area contributed by atoms with Gasteiger partial charge >= 0.3 is 0 Å². The Morgan fingerprint density at radius 2 is 1.90 bits per heavy atom. The monoisotopic (exact) mass is 425 g/mol. The molecule has 2 N–H and O–H groups in total. The number of thiazole rings is 1. The lowest BCUT2D eigenvalue weighted by molar-refractivity contribution is -0.120. The molecule has 2 heterocycles. The third-order valence-electron chi connectivity index (χ3n) is 4.82. The van der Waals surface area contributed by atoms with Crippen molar-refractivity contribution in [2.45, 2.75) is 47.2 Å². The van der Waals surface area contributed by atoms with Crippen molar-refractivity contribution in [2.24, 2.45) is 5.92 Å². The molecular formula is C22H27N5O2S.